The summed E-state index contributed by atoms with van der Waals surface area (Å²) in [6.45, 7) is 5.97. The molecule has 0 aliphatic rings. The van der Waals surface area contributed by atoms with Crippen molar-refractivity contribution in [3.63, 3.8) is 0 Å². The van der Waals surface area contributed by atoms with Gasteiger partial charge in [-0.05, 0) is 42.5 Å². The first-order valence-electron chi connectivity index (χ1n) is 7.18. The number of hydrogen-bond donors (Lipinski definition) is 2. The number of hydrogen-bond acceptors (Lipinski definition) is 3. The van der Waals surface area contributed by atoms with Crippen LogP contribution in [0.3, 0.4) is 0 Å². The zero-order chi connectivity index (χ0) is 16.0. The van der Waals surface area contributed by atoms with Gasteiger partial charge in [0.2, 0.25) is 10.0 Å². The van der Waals surface area contributed by atoms with Gasteiger partial charge in [-0.25, -0.2) is 13.1 Å². The van der Waals surface area contributed by atoms with Crippen LogP contribution >= 0.6 is 11.6 Å². The smallest absolute Gasteiger partial charge is 0.240 e. The molecule has 1 aromatic carbocycles. The van der Waals surface area contributed by atoms with Crippen molar-refractivity contribution in [1.82, 2.24) is 4.72 Å². The largest absolute Gasteiger partial charge is 0.395 e. The first-order valence-corrected chi connectivity index (χ1v) is 9.05. The normalized spacial score (nSPS) is 15.1. The summed E-state index contributed by atoms with van der Waals surface area (Å²) in [4.78, 5) is 0.157. The number of aliphatic hydroxyl groups is 1. The summed E-state index contributed by atoms with van der Waals surface area (Å²) in [6.07, 6.45) is 1.68. The van der Waals surface area contributed by atoms with E-state index < -0.39 is 16.1 Å². The molecular formula is C15H24ClNO3S. The van der Waals surface area contributed by atoms with Crippen molar-refractivity contribution in [3.8, 4) is 0 Å². The highest BCUT2D eigenvalue weighted by Gasteiger charge is 2.26. The lowest BCUT2D eigenvalue weighted by Gasteiger charge is -2.26. The van der Waals surface area contributed by atoms with Crippen LogP contribution in [0.15, 0.2) is 29.2 Å². The molecule has 0 saturated heterocycles. The van der Waals surface area contributed by atoms with Gasteiger partial charge in [0.25, 0.3) is 0 Å². The number of rotatable bonds is 8. The van der Waals surface area contributed by atoms with E-state index in [1.54, 1.807) is 0 Å². The fourth-order valence-corrected chi connectivity index (χ4v) is 3.81. The van der Waals surface area contributed by atoms with Crippen LogP contribution in [0.2, 0.25) is 5.02 Å². The molecule has 0 saturated carbocycles. The third-order valence-electron chi connectivity index (χ3n) is 3.49. The van der Waals surface area contributed by atoms with E-state index >= 15 is 0 Å². The van der Waals surface area contributed by atoms with E-state index in [0.717, 1.165) is 12.8 Å². The van der Waals surface area contributed by atoms with Gasteiger partial charge < -0.3 is 5.11 Å². The molecule has 2 N–H and O–H groups in total. The van der Waals surface area contributed by atoms with Crippen LogP contribution in [-0.2, 0) is 10.0 Å². The van der Waals surface area contributed by atoms with Gasteiger partial charge in [0.15, 0.2) is 0 Å². The minimum atomic E-state index is -3.65. The fourth-order valence-electron chi connectivity index (χ4n) is 2.38. The van der Waals surface area contributed by atoms with E-state index in [1.165, 1.54) is 24.3 Å². The van der Waals surface area contributed by atoms with Crippen LogP contribution < -0.4 is 4.72 Å². The lowest BCUT2D eigenvalue weighted by Crippen LogP contribution is -2.43. The summed E-state index contributed by atoms with van der Waals surface area (Å²) >= 11 is 5.77. The van der Waals surface area contributed by atoms with E-state index in [4.69, 9.17) is 11.6 Å². The van der Waals surface area contributed by atoms with Gasteiger partial charge in [0.05, 0.1) is 11.5 Å². The van der Waals surface area contributed by atoms with Crippen LogP contribution in [0, 0.1) is 11.8 Å². The summed E-state index contributed by atoms with van der Waals surface area (Å²) in [5.74, 6) is 0.557. The third kappa shape index (κ3) is 5.58. The maximum atomic E-state index is 12.4. The predicted octanol–water partition coefficient (Wildman–Crippen LogP) is 3.05. The molecule has 1 aromatic rings. The second kappa shape index (κ2) is 8.13. The molecule has 0 spiro atoms. The second-order valence-corrected chi connectivity index (χ2v) is 7.81. The van der Waals surface area contributed by atoms with Gasteiger partial charge in [0.1, 0.15) is 0 Å². The quantitative estimate of drug-likeness (QED) is 0.768. The molecule has 120 valence electrons. The molecule has 0 fully saturated rings. The van der Waals surface area contributed by atoms with E-state index in [9.17, 15) is 13.5 Å². The highest BCUT2D eigenvalue weighted by molar-refractivity contribution is 7.89. The number of sulfonamides is 1. The lowest BCUT2D eigenvalue weighted by atomic mass is 9.89. The Balaban J connectivity index is 2.90. The van der Waals surface area contributed by atoms with Crippen LogP contribution in [-0.4, -0.2) is 26.2 Å². The molecule has 0 aliphatic heterocycles. The van der Waals surface area contributed by atoms with Crippen molar-refractivity contribution < 1.29 is 13.5 Å². The molecule has 1 rings (SSSR count). The molecule has 6 heteroatoms. The highest BCUT2D eigenvalue weighted by Crippen LogP contribution is 2.21. The summed E-state index contributed by atoms with van der Waals surface area (Å²) in [5.41, 5.74) is 0. The van der Waals surface area contributed by atoms with Crippen molar-refractivity contribution in [2.45, 2.75) is 44.6 Å². The minimum absolute atomic E-state index is 0.108. The van der Waals surface area contributed by atoms with Crippen molar-refractivity contribution >= 4 is 21.6 Å². The van der Waals surface area contributed by atoms with Crippen molar-refractivity contribution in [2.24, 2.45) is 11.8 Å². The monoisotopic (exact) mass is 333 g/mol. The van der Waals surface area contributed by atoms with E-state index in [2.05, 4.69) is 18.6 Å². The number of benzene rings is 1. The van der Waals surface area contributed by atoms with Crippen LogP contribution in [0.1, 0.15) is 33.6 Å². The number of aliphatic hydroxyl groups excluding tert-OH is 1. The Kier molecular flexibility index (Phi) is 7.13. The second-order valence-electron chi connectivity index (χ2n) is 5.66. The Labute approximate surface area is 132 Å². The summed E-state index contributed by atoms with van der Waals surface area (Å²) in [7, 11) is -3.65. The molecule has 0 heterocycles. The Morgan fingerprint density at radius 2 is 1.81 bits per heavy atom. The van der Waals surface area contributed by atoms with Crippen molar-refractivity contribution in [3.05, 3.63) is 29.3 Å². The van der Waals surface area contributed by atoms with Gasteiger partial charge in [-0.15, -0.1) is 0 Å². The zero-order valence-electron chi connectivity index (χ0n) is 12.7. The third-order valence-corrected chi connectivity index (χ3v) is 5.25. The Morgan fingerprint density at radius 1 is 1.24 bits per heavy atom. The first kappa shape index (κ1) is 18.4. The molecule has 0 radical (unpaired) electrons. The standard InChI is InChI=1S/C15H24ClNO3S/c1-4-12(9-11(2)3)15(10-18)17-21(19,20)14-7-5-13(16)6-8-14/h5-8,11-12,15,17-18H,4,9-10H2,1-3H3. The maximum Gasteiger partial charge on any atom is 0.240 e. The molecule has 0 aromatic heterocycles. The van der Waals surface area contributed by atoms with Gasteiger partial charge in [-0.2, -0.15) is 0 Å². The zero-order valence-corrected chi connectivity index (χ0v) is 14.3. The van der Waals surface area contributed by atoms with Crippen LogP contribution in [0.25, 0.3) is 0 Å². The molecular weight excluding hydrogens is 310 g/mol. The lowest BCUT2D eigenvalue weighted by molar-refractivity contribution is 0.197. The Hall–Kier alpha value is -0.620. The molecule has 2 unspecified atom stereocenters. The molecule has 0 aliphatic carbocycles. The van der Waals surface area contributed by atoms with Crippen molar-refractivity contribution in [1.29, 1.82) is 0 Å². The van der Waals surface area contributed by atoms with Crippen LogP contribution in [0.5, 0.6) is 0 Å². The first-order chi connectivity index (χ1) is 9.80. The van der Waals surface area contributed by atoms with Gasteiger partial charge in [0, 0.05) is 11.1 Å². The Morgan fingerprint density at radius 3 is 2.24 bits per heavy atom. The number of nitrogens with one attached hydrogen (secondary N) is 1. The minimum Gasteiger partial charge on any atom is -0.395 e. The SMILES string of the molecule is CCC(CC(C)C)C(CO)NS(=O)(=O)c1ccc(Cl)cc1. The van der Waals surface area contributed by atoms with Crippen LogP contribution in [0.4, 0.5) is 0 Å². The van der Waals surface area contributed by atoms with Crippen molar-refractivity contribution in [2.75, 3.05) is 6.61 Å². The predicted molar refractivity (Wildman–Crippen MR) is 85.9 cm³/mol. The molecule has 21 heavy (non-hydrogen) atoms. The molecule has 2 atom stereocenters. The molecule has 4 nitrogen and oxygen atoms in total. The summed E-state index contributed by atoms with van der Waals surface area (Å²) in [6, 6.07) is 5.52. The van der Waals surface area contributed by atoms with Gasteiger partial charge >= 0.3 is 0 Å². The number of halogens is 1. The van der Waals surface area contributed by atoms with E-state index in [1.807, 2.05) is 6.92 Å². The van der Waals surface area contributed by atoms with Gasteiger partial charge in [-0.1, -0.05) is 38.8 Å². The molecule has 0 bridgehead atoms. The highest BCUT2D eigenvalue weighted by atomic mass is 35.5. The van der Waals surface area contributed by atoms with E-state index in [0.29, 0.717) is 10.9 Å². The van der Waals surface area contributed by atoms with Gasteiger partial charge in [-0.3, -0.25) is 0 Å². The maximum absolute atomic E-state index is 12.4. The average molecular weight is 334 g/mol. The summed E-state index contributed by atoms with van der Waals surface area (Å²) < 4.78 is 27.3. The summed E-state index contributed by atoms with van der Waals surface area (Å²) in [5, 5.41) is 10.0. The Bertz CT molecular complexity index is 528. The fraction of sp³-hybridized carbons (Fsp3) is 0.600. The van der Waals surface area contributed by atoms with E-state index in [-0.39, 0.29) is 17.4 Å². The molecule has 0 amide bonds. The topological polar surface area (TPSA) is 66.4 Å². The average Bonchev–Trinajstić information content (AvgIpc) is 2.42.